The van der Waals surface area contributed by atoms with E-state index in [1.165, 1.54) is 19.3 Å². The third-order valence-corrected chi connectivity index (χ3v) is 2.90. The second-order valence-corrected chi connectivity index (χ2v) is 6.54. The molecule has 0 rings (SSSR count). The summed E-state index contributed by atoms with van der Waals surface area (Å²) >= 11 is 0. The Balaban J connectivity index is 3.14. The van der Waals surface area contributed by atoms with Crippen molar-refractivity contribution in [1.29, 1.82) is 0 Å². The minimum absolute atomic E-state index is 0.0489. The summed E-state index contributed by atoms with van der Waals surface area (Å²) in [5, 5.41) is 0. The van der Waals surface area contributed by atoms with Gasteiger partial charge in [0.1, 0.15) is 12.2 Å². The molecular formula is C18H36O6. The van der Waals surface area contributed by atoms with E-state index in [1.807, 2.05) is 20.8 Å². The normalized spacial score (nSPS) is 11.7. The van der Waals surface area contributed by atoms with Crippen LogP contribution in [0.2, 0.25) is 0 Å². The average molecular weight is 348 g/mol. The quantitative estimate of drug-likeness (QED) is 0.316. The minimum atomic E-state index is -0.479. The van der Waals surface area contributed by atoms with Gasteiger partial charge in [-0.15, -0.1) is 0 Å². The van der Waals surface area contributed by atoms with Crippen LogP contribution in [-0.4, -0.2) is 64.4 Å². The Hall–Kier alpha value is -0.690. The molecule has 0 saturated heterocycles. The Labute approximate surface area is 147 Å². The summed E-state index contributed by atoms with van der Waals surface area (Å²) in [5.74, 6) is -0.361. The molecule has 0 aliphatic rings. The lowest BCUT2D eigenvalue weighted by Gasteiger charge is -2.19. The van der Waals surface area contributed by atoms with Crippen LogP contribution in [0.25, 0.3) is 0 Å². The van der Waals surface area contributed by atoms with Crippen LogP contribution in [0.5, 0.6) is 0 Å². The van der Waals surface area contributed by atoms with E-state index in [4.69, 9.17) is 23.7 Å². The van der Waals surface area contributed by atoms with Gasteiger partial charge >= 0.3 is 5.97 Å². The van der Waals surface area contributed by atoms with Crippen molar-refractivity contribution in [1.82, 2.24) is 0 Å². The zero-order chi connectivity index (χ0) is 18.1. The molecule has 0 fully saturated rings. The lowest BCUT2D eigenvalue weighted by molar-refractivity contribution is -0.160. The highest BCUT2D eigenvalue weighted by molar-refractivity contribution is 5.71. The third-order valence-electron chi connectivity index (χ3n) is 2.90. The highest BCUT2D eigenvalue weighted by atomic mass is 16.6. The van der Waals surface area contributed by atoms with Crippen molar-refractivity contribution in [3.63, 3.8) is 0 Å². The molecule has 0 N–H and O–H groups in total. The maximum absolute atomic E-state index is 11.4. The van der Waals surface area contributed by atoms with Crippen molar-refractivity contribution in [2.45, 2.75) is 59.0 Å². The van der Waals surface area contributed by atoms with E-state index in [2.05, 4.69) is 6.92 Å². The third kappa shape index (κ3) is 19.4. The fourth-order valence-electron chi connectivity index (χ4n) is 1.82. The van der Waals surface area contributed by atoms with E-state index in [1.54, 1.807) is 0 Å². The first-order valence-electron chi connectivity index (χ1n) is 8.98. The molecule has 0 heterocycles. The number of unbranched alkanes of at least 4 members (excludes halogenated alkanes) is 3. The van der Waals surface area contributed by atoms with Crippen molar-refractivity contribution < 1.29 is 28.5 Å². The van der Waals surface area contributed by atoms with Gasteiger partial charge in [-0.05, 0) is 27.2 Å². The van der Waals surface area contributed by atoms with Gasteiger partial charge in [0, 0.05) is 6.61 Å². The van der Waals surface area contributed by atoms with Gasteiger partial charge in [0.25, 0.3) is 0 Å². The summed E-state index contributed by atoms with van der Waals surface area (Å²) in [6, 6.07) is 0. The highest BCUT2D eigenvalue weighted by Crippen LogP contribution is 2.06. The first-order valence-corrected chi connectivity index (χ1v) is 8.98. The van der Waals surface area contributed by atoms with Crippen LogP contribution >= 0.6 is 0 Å². The van der Waals surface area contributed by atoms with Crippen molar-refractivity contribution in [3.05, 3.63) is 0 Å². The number of hydrogen-bond donors (Lipinski definition) is 0. The van der Waals surface area contributed by atoms with Crippen LogP contribution in [0, 0.1) is 0 Å². The zero-order valence-corrected chi connectivity index (χ0v) is 15.9. The predicted octanol–water partition coefficient (Wildman–Crippen LogP) is 2.97. The molecule has 0 aliphatic carbocycles. The summed E-state index contributed by atoms with van der Waals surface area (Å²) in [6.45, 7) is 11.5. The molecular weight excluding hydrogens is 312 g/mol. The van der Waals surface area contributed by atoms with Gasteiger partial charge in [-0.25, -0.2) is 4.79 Å². The molecule has 0 aromatic rings. The fourth-order valence-corrected chi connectivity index (χ4v) is 1.82. The van der Waals surface area contributed by atoms with Crippen LogP contribution in [0.3, 0.4) is 0 Å². The standard InChI is InChI=1S/C18H36O6/c1-5-6-7-8-9-20-10-11-21-12-13-22-14-15-23-16-17(19)24-18(2,3)4/h5-16H2,1-4H3. The molecule has 0 bridgehead atoms. The van der Waals surface area contributed by atoms with E-state index >= 15 is 0 Å². The summed E-state index contributed by atoms with van der Waals surface area (Å²) < 4.78 is 26.5. The van der Waals surface area contributed by atoms with Gasteiger partial charge in [-0.1, -0.05) is 26.2 Å². The molecule has 24 heavy (non-hydrogen) atoms. The van der Waals surface area contributed by atoms with Crippen LogP contribution in [-0.2, 0) is 28.5 Å². The first kappa shape index (κ1) is 23.3. The maximum Gasteiger partial charge on any atom is 0.332 e. The molecule has 0 unspecified atom stereocenters. The van der Waals surface area contributed by atoms with Crippen LogP contribution in [0.4, 0.5) is 0 Å². The Morgan fingerprint density at radius 2 is 1.21 bits per heavy atom. The van der Waals surface area contributed by atoms with Crippen molar-refractivity contribution in [3.8, 4) is 0 Å². The van der Waals surface area contributed by atoms with Crippen LogP contribution < -0.4 is 0 Å². The summed E-state index contributed by atoms with van der Waals surface area (Å²) in [6.07, 6.45) is 4.88. The largest absolute Gasteiger partial charge is 0.458 e. The van der Waals surface area contributed by atoms with Crippen LogP contribution in [0.15, 0.2) is 0 Å². The van der Waals surface area contributed by atoms with E-state index in [0.29, 0.717) is 39.6 Å². The fraction of sp³-hybridized carbons (Fsp3) is 0.944. The predicted molar refractivity (Wildman–Crippen MR) is 93.3 cm³/mol. The molecule has 0 aliphatic heterocycles. The topological polar surface area (TPSA) is 63.2 Å². The maximum atomic E-state index is 11.4. The van der Waals surface area contributed by atoms with Gasteiger partial charge in [0.05, 0.1) is 39.6 Å². The Morgan fingerprint density at radius 1 is 0.708 bits per heavy atom. The lowest BCUT2D eigenvalue weighted by Crippen LogP contribution is -2.27. The molecule has 144 valence electrons. The zero-order valence-electron chi connectivity index (χ0n) is 15.9. The SMILES string of the molecule is CCCCCCOCCOCCOCCOCC(=O)OC(C)(C)C. The molecule has 0 saturated carbocycles. The monoisotopic (exact) mass is 348 g/mol. The number of esters is 1. The van der Waals surface area contributed by atoms with E-state index in [9.17, 15) is 4.79 Å². The van der Waals surface area contributed by atoms with Crippen LogP contribution in [0.1, 0.15) is 53.4 Å². The summed E-state index contributed by atoms with van der Waals surface area (Å²) in [4.78, 5) is 11.4. The second kappa shape index (κ2) is 15.8. The number of carbonyl (C=O) groups is 1. The first-order chi connectivity index (χ1) is 11.5. The lowest BCUT2D eigenvalue weighted by atomic mass is 10.2. The van der Waals surface area contributed by atoms with Gasteiger partial charge in [-0.3, -0.25) is 0 Å². The second-order valence-electron chi connectivity index (χ2n) is 6.54. The average Bonchev–Trinajstić information content (AvgIpc) is 2.49. The van der Waals surface area contributed by atoms with Gasteiger partial charge in [-0.2, -0.15) is 0 Å². The van der Waals surface area contributed by atoms with E-state index < -0.39 is 5.60 Å². The molecule has 0 amide bonds. The molecule has 0 atom stereocenters. The summed E-state index contributed by atoms with van der Waals surface area (Å²) in [7, 11) is 0. The molecule has 0 aromatic carbocycles. The number of hydrogen-bond acceptors (Lipinski definition) is 6. The summed E-state index contributed by atoms with van der Waals surface area (Å²) in [5.41, 5.74) is -0.479. The van der Waals surface area contributed by atoms with Crippen molar-refractivity contribution >= 4 is 5.97 Å². The molecule has 6 nitrogen and oxygen atoms in total. The molecule has 6 heteroatoms. The van der Waals surface area contributed by atoms with Crippen molar-refractivity contribution in [2.24, 2.45) is 0 Å². The van der Waals surface area contributed by atoms with Crippen molar-refractivity contribution in [2.75, 3.05) is 52.9 Å². The number of carbonyl (C=O) groups excluding carboxylic acids is 1. The molecule has 0 aromatic heterocycles. The Morgan fingerprint density at radius 3 is 1.71 bits per heavy atom. The Kier molecular flexibility index (Phi) is 15.4. The molecule has 0 spiro atoms. The van der Waals surface area contributed by atoms with Gasteiger partial charge in [0.2, 0.25) is 0 Å². The Bertz CT molecular complexity index is 288. The minimum Gasteiger partial charge on any atom is -0.458 e. The smallest absolute Gasteiger partial charge is 0.332 e. The van der Waals surface area contributed by atoms with Gasteiger partial charge < -0.3 is 23.7 Å². The highest BCUT2D eigenvalue weighted by Gasteiger charge is 2.15. The molecule has 0 radical (unpaired) electrons. The van der Waals surface area contributed by atoms with E-state index in [-0.39, 0.29) is 12.6 Å². The number of rotatable bonds is 16. The van der Waals surface area contributed by atoms with Gasteiger partial charge in [0.15, 0.2) is 0 Å². The number of ether oxygens (including phenoxy) is 5. The van der Waals surface area contributed by atoms with E-state index in [0.717, 1.165) is 13.0 Å².